The summed E-state index contributed by atoms with van der Waals surface area (Å²) in [4.78, 5) is 7.28. The van der Waals surface area contributed by atoms with Gasteiger partial charge in [0.15, 0.2) is 0 Å². The average molecular weight is 281 g/mol. The van der Waals surface area contributed by atoms with E-state index in [1.165, 1.54) is 43.1 Å². The van der Waals surface area contributed by atoms with Gasteiger partial charge in [0.05, 0.1) is 5.69 Å². The van der Waals surface area contributed by atoms with E-state index < -0.39 is 0 Å². The molecule has 0 spiro atoms. The number of aromatic nitrogens is 1. The molecule has 0 bridgehead atoms. The quantitative estimate of drug-likeness (QED) is 0.899. The number of rotatable bonds is 5. The Morgan fingerprint density at radius 3 is 3.00 bits per heavy atom. The smallest absolute Gasteiger partial charge is 0.107 e. The van der Waals surface area contributed by atoms with Crippen molar-refractivity contribution in [2.75, 3.05) is 20.1 Å². The van der Waals surface area contributed by atoms with Crippen LogP contribution in [0.5, 0.6) is 0 Å². The van der Waals surface area contributed by atoms with Gasteiger partial charge in [-0.1, -0.05) is 13.8 Å². The first-order valence-corrected chi connectivity index (χ1v) is 8.37. The molecule has 1 aliphatic rings. The Morgan fingerprint density at radius 2 is 2.26 bits per heavy atom. The molecule has 1 fully saturated rings. The second-order valence-corrected chi connectivity index (χ2v) is 6.92. The minimum atomic E-state index is 0.835. The molecule has 2 heterocycles. The Morgan fingerprint density at radius 1 is 1.42 bits per heavy atom. The van der Waals surface area contributed by atoms with Crippen LogP contribution in [0.15, 0.2) is 5.38 Å². The van der Waals surface area contributed by atoms with Crippen molar-refractivity contribution in [1.29, 1.82) is 0 Å². The first-order valence-electron chi connectivity index (χ1n) is 7.49. The van der Waals surface area contributed by atoms with Crippen LogP contribution in [-0.4, -0.2) is 30.0 Å². The van der Waals surface area contributed by atoms with Gasteiger partial charge >= 0.3 is 0 Å². The van der Waals surface area contributed by atoms with Crippen LogP contribution in [0.4, 0.5) is 0 Å². The Hall–Kier alpha value is -0.450. The van der Waals surface area contributed by atoms with Crippen molar-refractivity contribution < 1.29 is 0 Å². The van der Waals surface area contributed by atoms with E-state index in [-0.39, 0.29) is 0 Å². The van der Waals surface area contributed by atoms with Crippen LogP contribution in [-0.2, 0) is 13.1 Å². The van der Waals surface area contributed by atoms with Crippen LogP contribution in [0.25, 0.3) is 0 Å². The van der Waals surface area contributed by atoms with Gasteiger partial charge in [-0.05, 0) is 51.2 Å². The fourth-order valence-corrected chi connectivity index (χ4v) is 3.69. The van der Waals surface area contributed by atoms with Crippen molar-refractivity contribution in [2.45, 2.75) is 46.2 Å². The molecule has 1 aromatic rings. The van der Waals surface area contributed by atoms with E-state index in [9.17, 15) is 0 Å². The highest BCUT2D eigenvalue weighted by Gasteiger charge is 2.19. The summed E-state index contributed by atoms with van der Waals surface area (Å²) in [5.74, 6) is 1.75. The second kappa shape index (κ2) is 7.36. The molecule has 2 rings (SSSR count). The Labute approximate surface area is 121 Å². The third kappa shape index (κ3) is 4.55. The van der Waals surface area contributed by atoms with Crippen LogP contribution >= 0.6 is 11.3 Å². The van der Waals surface area contributed by atoms with Crippen LogP contribution < -0.4 is 5.32 Å². The van der Waals surface area contributed by atoms with Gasteiger partial charge in [0.2, 0.25) is 0 Å². The first-order chi connectivity index (χ1) is 9.19. The van der Waals surface area contributed by atoms with Gasteiger partial charge in [-0.3, -0.25) is 4.90 Å². The summed E-state index contributed by atoms with van der Waals surface area (Å²) in [6, 6.07) is 0. The maximum absolute atomic E-state index is 4.69. The average Bonchev–Trinajstić information content (AvgIpc) is 2.67. The van der Waals surface area contributed by atoms with Crippen LogP contribution in [0.1, 0.15) is 43.8 Å². The van der Waals surface area contributed by atoms with Crippen molar-refractivity contribution in [2.24, 2.45) is 11.8 Å². The number of hydrogen-bond acceptors (Lipinski definition) is 4. The molecule has 19 heavy (non-hydrogen) atoms. The molecule has 0 aliphatic carbocycles. The van der Waals surface area contributed by atoms with Gasteiger partial charge in [-0.25, -0.2) is 4.98 Å². The largest absolute Gasteiger partial charge is 0.314 e. The van der Waals surface area contributed by atoms with Crippen molar-refractivity contribution in [3.05, 3.63) is 16.1 Å². The van der Waals surface area contributed by atoms with E-state index in [2.05, 4.69) is 29.4 Å². The van der Waals surface area contributed by atoms with E-state index in [4.69, 9.17) is 4.98 Å². The minimum absolute atomic E-state index is 0.835. The molecular formula is C15H27N3S. The lowest BCUT2D eigenvalue weighted by atomic mass is 9.89. The Balaban J connectivity index is 1.85. The molecule has 1 N–H and O–H groups in total. The third-order valence-electron chi connectivity index (χ3n) is 4.12. The van der Waals surface area contributed by atoms with Gasteiger partial charge in [-0.2, -0.15) is 0 Å². The monoisotopic (exact) mass is 281 g/mol. The zero-order valence-corrected chi connectivity index (χ0v) is 13.3. The van der Waals surface area contributed by atoms with E-state index in [0.29, 0.717) is 0 Å². The van der Waals surface area contributed by atoms with Crippen molar-refractivity contribution in [1.82, 2.24) is 15.2 Å². The van der Waals surface area contributed by atoms with Crippen LogP contribution in [0.3, 0.4) is 0 Å². The summed E-state index contributed by atoms with van der Waals surface area (Å²) in [7, 11) is 1.97. The molecule has 1 atom stereocenters. The Kier molecular flexibility index (Phi) is 5.79. The molecule has 108 valence electrons. The summed E-state index contributed by atoms with van der Waals surface area (Å²) >= 11 is 1.77. The van der Waals surface area contributed by atoms with Gasteiger partial charge in [0.25, 0.3) is 0 Å². The van der Waals surface area contributed by atoms with Crippen LogP contribution in [0.2, 0.25) is 0 Å². The molecule has 0 saturated carbocycles. The van der Waals surface area contributed by atoms with Crippen molar-refractivity contribution in [3.63, 3.8) is 0 Å². The highest BCUT2D eigenvalue weighted by Crippen LogP contribution is 2.25. The fourth-order valence-electron chi connectivity index (χ4n) is 2.89. The van der Waals surface area contributed by atoms with Crippen LogP contribution in [0, 0.1) is 11.8 Å². The maximum atomic E-state index is 4.69. The van der Waals surface area contributed by atoms with Crippen molar-refractivity contribution >= 4 is 11.3 Å². The predicted molar refractivity (Wildman–Crippen MR) is 82.3 cm³/mol. The fraction of sp³-hybridized carbons (Fsp3) is 0.800. The lowest BCUT2D eigenvalue weighted by molar-refractivity contribution is 0.262. The zero-order valence-electron chi connectivity index (χ0n) is 12.5. The van der Waals surface area contributed by atoms with E-state index >= 15 is 0 Å². The van der Waals surface area contributed by atoms with Gasteiger partial charge in [-0.15, -0.1) is 11.3 Å². The molecule has 1 aromatic heterocycles. The molecule has 3 nitrogen and oxygen atoms in total. The molecule has 0 aromatic carbocycles. The number of thiazole rings is 1. The molecule has 4 heteroatoms. The number of hydrogen-bond donors (Lipinski definition) is 1. The predicted octanol–water partition coefficient (Wildman–Crippen LogP) is 3.12. The first kappa shape index (κ1) is 14.9. The second-order valence-electron chi connectivity index (χ2n) is 5.97. The normalized spacial score (nSPS) is 21.8. The van der Waals surface area contributed by atoms with Gasteiger partial charge < -0.3 is 5.32 Å². The standard InChI is InChI=1S/C15H27N3S/c1-12(2)13-5-4-7-18(8-6-13)10-14-11-19-15(17-14)9-16-3/h11-13,16H,4-10H2,1-3H3. The number of nitrogens with one attached hydrogen (secondary N) is 1. The molecular weight excluding hydrogens is 254 g/mol. The maximum Gasteiger partial charge on any atom is 0.107 e. The lowest BCUT2D eigenvalue weighted by Crippen LogP contribution is -2.24. The summed E-state index contributed by atoms with van der Waals surface area (Å²) in [6.45, 7) is 9.13. The van der Waals surface area contributed by atoms with Crippen molar-refractivity contribution in [3.8, 4) is 0 Å². The van der Waals surface area contributed by atoms with E-state index in [1.54, 1.807) is 11.3 Å². The summed E-state index contributed by atoms with van der Waals surface area (Å²) < 4.78 is 0. The van der Waals surface area contributed by atoms with E-state index in [1.807, 2.05) is 7.05 Å². The number of nitrogens with zero attached hydrogens (tertiary/aromatic N) is 2. The summed E-state index contributed by atoms with van der Waals surface area (Å²) in [6.07, 6.45) is 4.10. The topological polar surface area (TPSA) is 28.2 Å². The highest BCUT2D eigenvalue weighted by molar-refractivity contribution is 7.09. The summed E-state index contributed by atoms with van der Waals surface area (Å²) in [5.41, 5.74) is 1.25. The van der Waals surface area contributed by atoms with Gasteiger partial charge in [0, 0.05) is 18.5 Å². The number of likely N-dealkylation sites (tertiary alicyclic amines) is 1. The SMILES string of the molecule is CNCc1nc(CN2CCCC(C(C)C)CC2)cs1. The Bertz CT molecular complexity index is 375. The minimum Gasteiger partial charge on any atom is -0.314 e. The van der Waals surface area contributed by atoms with E-state index in [0.717, 1.165) is 24.9 Å². The molecule has 1 saturated heterocycles. The zero-order chi connectivity index (χ0) is 13.7. The van der Waals surface area contributed by atoms with Gasteiger partial charge in [0.1, 0.15) is 5.01 Å². The summed E-state index contributed by atoms with van der Waals surface area (Å²) in [5, 5.41) is 6.58. The molecule has 0 amide bonds. The lowest BCUT2D eigenvalue weighted by Gasteiger charge is -2.20. The molecule has 0 radical (unpaired) electrons. The molecule has 1 unspecified atom stereocenters. The molecule has 1 aliphatic heterocycles. The highest BCUT2D eigenvalue weighted by atomic mass is 32.1. The third-order valence-corrected chi connectivity index (χ3v) is 5.02.